The normalized spacial score (nSPS) is 18.6. The van der Waals surface area contributed by atoms with Crippen molar-refractivity contribution in [3.63, 3.8) is 0 Å². The van der Waals surface area contributed by atoms with E-state index in [2.05, 4.69) is 11.4 Å². The van der Waals surface area contributed by atoms with Crippen molar-refractivity contribution in [3.05, 3.63) is 0 Å². The third kappa shape index (κ3) is 3.48. The summed E-state index contributed by atoms with van der Waals surface area (Å²) in [4.78, 5) is 12.3. The van der Waals surface area contributed by atoms with Gasteiger partial charge in [0.2, 0.25) is 5.91 Å². The molecule has 1 amide bonds. The van der Waals surface area contributed by atoms with Gasteiger partial charge >= 0.3 is 0 Å². The lowest BCUT2D eigenvalue weighted by Crippen LogP contribution is -2.46. The van der Waals surface area contributed by atoms with Gasteiger partial charge in [0.25, 0.3) is 0 Å². The molecule has 0 heterocycles. The summed E-state index contributed by atoms with van der Waals surface area (Å²) >= 11 is 0. The highest BCUT2D eigenvalue weighted by atomic mass is 16.3. The zero-order chi connectivity index (χ0) is 14.4. The van der Waals surface area contributed by atoms with Gasteiger partial charge in [0.15, 0.2) is 0 Å². The maximum Gasteiger partial charge on any atom is 0.240 e. The SMILES string of the molecule is CCC(CC)(CO)CNC(=O)C1(C#N)CCCCC1. The molecule has 1 rings (SSSR count). The third-order valence-corrected chi connectivity index (χ3v) is 4.82. The molecule has 0 aromatic heterocycles. The van der Waals surface area contributed by atoms with E-state index in [0.29, 0.717) is 19.4 Å². The number of nitrogens with zero attached hydrogens (tertiary/aromatic N) is 1. The summed E-state index contributed by atoms with van der Waals surface area (Å²) in [6.07, 6.45) is 5.99. The number of nitrogens with one attached hydrogen (secondary N) is 1. The van der Waals surface area contributed by atoms with E-state index in [1.807, 2.05) is 13.8 Å². The molecule has 1 saturated carbocycles. The molecule has 0 saturated heterocycles. The summed E-state index contributed by atoms with van der Waals surface area (Å²) in [5, 5.41) is 21.8. The summed E-state index contributed by atoms with van der Waals surface area (Å²) in [5.41, 5.74) is -1.08. The van der Waals surface area contributed by atoms with E-state index in [0.717, 1.165) is 32.1 Å². The molecule has 0 radical (unpaired) electrons. The van der Waals surface area contributed by atoms with Crippen molar-refractivity contribution in [1.82, 2.24) is 5.32 Å². The van der Waals surface area contributed by atoms with Crippen molar-refractivity contribution in [2.24, 2.45) is 10.8 Å². The van der Waals surface area contributed by atoms with E-state index in [4.69, 9.17) is 0 Å². The van der Waals surface area contributed by atoms with Crippen molar-refractivity contribution in [2.45, 2.75) is 58.8 Å². The van der Waals surface area contributed by atoms with E-state index in [1.54, 1.807) is 0 Å². The number of amides is 1. The van der Waals surface area contributed by atoms with Gasteiger partial charge < -0.3 is 10.4 Å². The van der Waals surface area contributed by atoms with Gasteiger partial charge in [-0.1, -0.05) is 33.1 Å². The Kier molecular flexibility index (Phi) is 5.81. The Morgan fingerprint density at radius 2 is 1.89 bits per heavy atom. The summed E-state index contributed by atoms with van der Waals surface area (Å²) < 4.78 is 0. The van der Waals surface area contributed by atoms with Crippen LogP contribution in [0.3, 0.4) is 0 Å². The zero-order valence-electron chi connectivity index (χ0n) is 12.2. The summed E-state index contributed by atoms with van der Waals surface area (Å²) in [7, 11) is 0. The first kappa shape index (κ1) is 16.0. The summed E-state index contributed by atoms with van der Waals surface area (Å²) in [6, 6.07) is 2.23. The fourth-order valence-corrected chi connectivity index (χ4v) is 2.76. The van der Waals surface area contributed by atoms with Crippen LogP contribution in [-0.4, -0.2) is 24.2 Å². The lowest BCUT2D eigenvalue weighted by Gasteiger charge is -2.33. The number of aliphatic hydroxyl groups is 1. The van der Waals surface area contributed by atoms with Crippen molar-refractivity contribution >= 4 is 5.91 Å². The topological polar surface area (TPSA) is 73.1 Å². The summed E-state index contributed by atoms with van der Waals surface area (Å²) in [6.45, 7) is 4.57. The van der Waals surface area contributed by atoms with E-state index >= 15 is 0 Å². The fourth-order valence-electron chi connectivity index (χ4n) is 2.76. The van der Waals surface area contributed by atoms with Crippen LogP contribution in [0.4, 0.5) is 0 Å². The lowest BCUT2D eigenvalue weighted by molar-refractivity contribution is -0.130. The maximum atomic E-state index is 12.3. The molecule has 0 atom stereocenters. The predicted molar refractivity (Wildman–Crippen MR) is 74.2 cm³/mol. The van der Waals surface area contributed by atoms with Crippen LogP contribution in [0.2, 0.25) is 0 Å². The number of hydrogen-bond acceptors (Lipinski definition) is 3. The monoisotopic (exact) mass is 266 g/mol. The minimum Gasteiger partial charge on any atom is -0.396 e. The van der Waals surface area contributed by atoms with Gasteiger partial charge in [-0.05, 0) is 25.7 Å². The second kappa shape index (κ2) is 6.91. The number of hydrogen-bond donors (Lipinski definition) is 2. The molecule has 4 nitrogen and oxygen atoms in total. The molecule has 0 aliphatic heterocycles. The van der Waals surface area contributed by atoms with Gasteiger partial charge in [0.1, 0.15) is 5.41 Å². The highest BCUT2D eigenvalue weighted by molar-refractivity contribution is 5.85. The average molecular weight is 266 g/mol. The first-order valence-electron chi connectivity index (χ1n) is 7.38. The molecular formula is C15H26N2O2. The number of carbonyl (C=O) groups is 1. The quantitative estimate of drug-likeness (QED) is 0.775. The molecule has 0 unspecified atom stereocenters. The molecule has 2 N–H and O–H groups in total. The Hall–Kier alpha value is -1.08. The molecule has 4 heteroatoms. The van der Waals surface area contributed by atoms with Crippen LogP contribution in [0, 0.1) is 22.2 Å². The average Bonchev–Trinajstić information content (AvgIpc) is 2.49. The molecule has 0 aromatic rings. The standard InChI is InChI=1S/C15H26N2O2/c1-3-14(4-2,12-18)11-17-13(19)15(10-16)8-6-5-7-9-15/h18H,3-9,11-12H2,1-2H3,(H,17,19). The fraction of sp³-hybridized carbons (Fsp3) is 0.867. The van der Waals surface area contributed by atoms with Gasteiger partial charge in [0.05, 0.1) is 12.7 Å². The Morgan fingerprint density at radius 1 is 1.32 bits per heavy atom. The van der Waals surface area contributed by atoms with Gasteiger partial charge in [-0.25, -0.2) is 0 Å². The number of nitriles is 1. The maximum absolute atomic E-state index is 12.3. The first-order chi connectivity index (χ1) is 9.08. The Morgan fingerprint density at radius 3 is 2.32 bits per heavy atom. The Balaban J connectivity index is 2.66. The highest BCUT2D eigenvalue weighted by Crippen LogP contribution is 2.36. The van der Waals surface area contributed by atoms with Crippen LogP contribution in [0.5, 0.6) is 0 Å². The third-order valence-electron chi connectivity index (χ3n) is 4.82. The van der Waals surface area contributed by atoms with Gasteiger partial charge in [-0.2, -0.15) is 5.26 Å². The molecule has 19 heavy (non-hydrogen) atoms. The molecule has 0 aromatic carbocycles. The lowest BCUT2D eigenvalue weighted by atomic mass is 9.74. The molecule has 0 bridgehead atoms. The van der Waals surface area contributed by atoms with E-state index in [1.165, 1.54) is 0 Å². The van der Waals surface area contributed by atoms with E-state index in [9.17, 15) is 15.2 Å². The van der Waals surface area contributed by atoms with Crippen LogP contribution < -0.4 is 5.32 Å². The van der Waals surface area contributed by atoms with E-state index in [-0.39, 0.29) is 17.9 Å². The molecule has 1 fully saturated rings. The predicted octanol–water partition coefficient (Wildman–Crippen LogP) is 2.38. The largest absolute Gasteiger partial charge is 0.396 e. The first-order valence-corrected chi connectivity index (χ1v) is 7.38. The highest BCUT2D eigenvalue weighted by Gasteiger charge is 2.40. The second-order valence-corrected chi connectivity index (χ2v) is 5.80. The van der Waals surface area contributed by atoms with Crippen LogP contribution in [0.25, 0.3) is 0 Å². The summed E-state index contributed by atoms with van der Waals surface area (Å²) in [5.74, 6) is -0.144. The van der Waals surface area contributed by atoms with Crippen LogP contribution in [0.15, 0.2) is 0 Å². The van der Waals surface area contributed by atoms with Crippen molar-refractivity contribution in [2.75, 3.05) is 13.2 Å². The zero-order valence-corrected chi connectivity index (χ0v) is 12.2. The van der Waals surface area contributed by atoms with Crippen molar-refractivity contribution in [1.29, 1.82) is 5.26 Å². The number of aliphatic hydroxyl groups excluding tert-OH is 1. The van der Waals surface area contributed by atoms with Gasteiger partial charge in [-0.3, -0.25) is 4.79 Å². The Bertz CT molecular complexity index is 328. The van der Waals surface area contributed by atoms with Crippen molar-refractivity contribution in [3.8, 4) is 6.07 Å². The smallest absolute Gasteiger partial charge is 0.240 e. The molecular weight excluding hydrogens is 240 g/mol. The second-order valence-electron chi connectivity index (χ2n) is 5.80. The molecule has 0 spiro atoms. The number of carbonyl (C=O) groups excluding carboxylic acids is 1. The molecule has 108 valence electrons. The van der Waals surface area contributed by atoms with Gasteiger partial charge in [0, 0.05) is 12.0 Å². The van der Waals surface area contributed by atoms with E-state index < -0.39 is 5.41 Å². The minimum atomic E-state index is -0.832. The number of rotatable bonds is 6. The van der Waals surface area contributed by atoms with Gasteiger partial charge in [-0.15, -0.1) is 0 Å². The molecule has 1 aliphatic carbocycles. The minimum absolute atomic E-state index is 0.0693. The van der Waals surface area contributed by atoms with Crippen LogP contribution in [0.1, 0.15) is 58.8 Å². The van der Waals surface area contributed by atoms with Crippen molar-refractivity contribution < 1.29 is 9.90 Å². The Labute approximate surface area is 116 Å². The van der Waals surface area contributed by atoms with Crippen LogP contribution in [-0.2, 0) is 4.79 Å². The van der Waals surface area contributed by atoms with Crippen LogP contribution >= 0.6 is 0 Å². The molecule has 1 aliphatic rings.